The molecule has 0 aromatic heterocycles. The Labute approximate surface area is 85.8 Å². The molecule has 0 spiro atoms. The molecule has 2 unspecified atom stereocenters. The maximum atomic E-state index is 6.14. The van der Waals surface area contributed by atoms with Crippen LogP contribution in [0, 0.1) is 5.92 Å². The van der Waals surface area contributed by atoms with Gasteiger partial charge in [0.25, 0.3) is 0 Å². The molecule has 1 aliphatic heterocycles. The second kappa shape index (κ2) is 4.70. The first-order valence-electron chi connectivity index (χ1n) is 5.73. The molecule has 2 heteroatoms. The number of nitrogens with two attached hydrogens (primary N) is 1. The molecule has 76 valence electrons. The summed E-state index contributed by atoms with van der Waals surface area (Å²) in [5, 5.41) is 0.789. The molecule has 0 radical (unpaired) electrons. The summed E-state index contributed by atoms with van der Waals surface area (Å²) in [5.41, 5.74) is 6.14. The zero-order valence-electron chi connectivity index (χ0n) is 8.37. The van der Waals surface area contributed by atoms with Gasteiger partial charge in [0.05, 0.1) is 0 Å². The van der Waals surface area contributed by atoms with E-state index in [2.05, 4.69) is 11.8 Å². The van der Waals surface area contributed by atoms with Crippen molar-refractivity contribution in [3.8, 4) is 0 Å². The molecule has 2 atom stereocenters. The van der Waals surface area contributed by atoms with Crippen molar-refractivity contribution in [2.75, 3.05) is 5.75 Å². The number of thioether (sulfide) groups is 1. The molecule has 13 heavy (non-hydrogen) atoms. The van der Waals surface area contributed by atoms with Crippen LogP contribution in [0.1, 0.15) is 44.9 Å². The molecule has 2 rings (SSSR count). The smallest absolute Gasteiger partial charge is 0.0201 e. The quantitative estimate of drug-likeness (QED) is 0.740. The third-order valence-electron chi connectivity index (χ3n) is 3.53. The van der Waals surface area contributed by atoms with Crippen LogP contribution in [0.15, 0.2) is 0 Å². The summed E-state index contributed by atoms with van der Waals surface area (Å²) in [6.45, 7) is 0. The fourth-order valence-corrected chi connectivity index (χ4v) is 4.11. The standard InChI is InChI=1S/C11H21NS/c12-10-6-3-7-13-11(10)8-9-4-1-2-5-9/h9-11H,1-8,12H2. The molecule has 1 nitrogen and oxygen atoms in total. The third-order valence-corrected chi connectivity index (χ3v) is 5.03. The van der Waals surface area contributed by atoms with Gasteiger partial charge in [0.15, 0.2) is 0 Å². The van der Waals surface area contributed by atoms with E-state index in [1.165, 1.54) is 50.7 Å². The molecule has 1 saturated carbocycles. The van der Waals surface area contributed by atoms with Gasteiger partial charge in [-0.2, -0.15) is 11.8 Å². The Morgan fingerprint density at radius 3 is 2.54 bits per heavy atom. The Bertz CT molecular complexity index is 154. The molecule has 0 aromatic carbocycles. The highest BCUT2D eigenvalue weighted by molar-refractivity contribution is 8.00. The van der Waals surface area contributed by atoms with Crippen LogP contribution in [0.5, 0.6) is 0 Å². The highest BCUT2D eigenvalue weighted by Crippen LogP contribution is 2.35. The van der Waals surface area contributed by atoms with Gasteiger partial charge in [-0.05, 0) is 30.9 Å². The number of hydrogen-bond donors (Lipinski definition) is 1. The van der Waals surface area contributed by atoms with Crippen LogP contribution in [0.25, 0.3) is 0 Å². The summed E-state index contributed by atoms with van der Waals surface area (Å²) in [6, 6.07) is 0.499. The molecule has 1 aliphatic carbocycles. The lowest BCUT2D eigenvalue weighted by atomic mass is 9.96. The first-order valence-corrected chi connectivity index (χ1v) is 6.78. The van der Waals surface area contributed by atoms with Crippen molar-refractivity contribution in [3.63, 3.8) is 0 Å². The molecule has 0 aromatic rings. The van der Waals surface area contributed by atoms with Crippen LogP contribution >= 0.6 is 11.8 Å². The van der Waals surface area contributed by atoms with E-state index in [0.29, 0.717) is 6.04 Å². The minimum Gasteiger partial charge on any atom is -0.327 e. The van der Waals surface area contributed by atoms with E-state index < -0.39 is 0 Å². The summed E-state index contributed by atoms with van der Waals surface area (Å²) in [6.07, 6.45) is 9.91. The molecular formula is C11H21NS. The van der Waals surface area contributed by atoms with Gasteiger partial charge in [-0.25, -0.2) is 0 Å². The minimum atomic E-state index is 0.499. The average molecular weight is 199 g/mol. The topological polar surface area (TPSA) is 26.0 Å². The van der Waals surface area contributed by atoms with Crippen molar-refractivity contribution in [3.05, 3.63) is 0 Å². The minimum absolute atomic E-state index is 0.499. The predicted molar refractivity (Wildman–Crippen MR) is 60.0 cm³/mol. The molecular weight excluding hydrogens is 178 g/mol. The Morgan fingerprint density at radius 2 is 1.85 bits per heavy atom. The van der Waals surface area contributed by atoms with Crippen LogP contribution in [0.3, 0.4) is 0 Å². The second-order valence-corrected chi connectivity index (χ2v) is 5.95. The largest absolute Gasteiger partial charge is 0.327 e. The van der Waals surface area contributed by atoms with E-state index in [0.717, 1.165) is 11.2 Å². The Kier molecular flexibility index (Phi) is 3.56. The summed E-state index contributed by atoms with van der Waals surface area (Å²) in [4.78, 5) is 0. The van der Waals surface area contributed by atoms with E-state index in [1.807, 2.05) is 0 Å². The van der Waals surface area contributed by atoms with Crippen LogP contribution in [-0.2, 0) is 0 Å². The van der Waals surface area contributed by atoms with Gasteiger partial charge in [-0.3, -0.25) is 0 Å². The zero-order valence-corrected chi connectivity index (χ0v) is 9.19. The fourth-order valence-electron chi connectivity index (χ4n) is 2.68. The zero-order chi connectivity index (χ0) is 9.10. The Morgan fingerprint density at radius 1 is 1.08 bits per heavy atom. The van der Waals surface area contributed by atoms with Gasteiger partial charge >= 0.3 is 0 Å². The maximum Gasteiger partial charge on any atom is 0.0201 e. The second-order valence-electron chi connectivity index (χ2n) is 4.60. The summed E-state index contributed by atoms with van der Waals surface area (Å²) >= 11 is 2.13. The Balaban J connectivity index is 1.78. The molecule has 2 fully saturated rings. The predicted octanol–water partition coefficient (Wildman–Crippen LogP) is 2.79. The van der Waals surface area contributed by atoms with Crippen molar-refractivity contribution >= 4 is 11.8 Å². The number of hydrogen-bond acceptors (Lipinski definition) is 2. The van der Waals surface area contributed by atoms with Crippen molar-refractivity contribution in [1.82, 2.24) is 0 Å². The third kappa shape index (κ3) is 2.63. The first kappa shape index (κ1) is 9.85. The lowest BCUT2D eigenvalue weighted by Gasteiger charge is -2.30. The van der Waals surface area contributed by atoms with E-state index in [9.17, 15) is 0 Å². The average Bonchev–Trinajstić information content (AvgIpc) is 2.61. The van der Waals surface area contributed by atoms with Gasteiger partial charge in [0.2, 0.25) is 0 Å². The van der Waals surface area contributed by atoms with Gasteiger partial charge in [0, 0.05) is 11.3 Å². The van der Waals surface area contributed by atoms with Gasteiger partial charge in [-0.15, -0.1) is 0 Å². The molecule has 0 bridgehead atoms. The monoisotopic (exact) mass is 199 g/mol. The van der Waals surface area contributed by atoms with E-state index in [-0.39, 0.29) is 0 Å². The number of rotatable bonds is 2. The highest BCUT2D eigenvalue weighted by Gasteiger charge is 2.26. The van der Waals surface area contributed by atoms with Crippen LogP contribution in [-0.4, -0.2) is 17.0 Å². The Hall–Kier alpha value is 0.310. The van der Waals surface area contributed by atoms with Crippen LogP contribution < -0.4 is 5.73 Å². The molecule has 0 amide bonds. The summed E-state index contributed by atoms with van der Waals surface area (Å²) in [5.74, 6) is 2.37. The SMILES string of the molecule is NC1CCCSC1CC1CCCC1. The molecule has 1 saturated heterocycles. The van der Waals surface area contributed by atoms with Crippen molar-refractivity contribution in [1.29, 1.82) is 0 Å². The normalized spacial score (nSPS) is 36.7. The summed E-state index contributed by atoms with van der Waals surface area (Å²) in [7, 11) is 0. The van der Waals surface area contributed by atoms with Crippen molar-refractivity contribution in [2.24, 2.45) is 11.7 Å². The maximum absolute atomic E-state index is 6.14. The van der Waals surface area contributed by atoms with E-state index in [4.69, 9.17) is 5.73 Å². The fraction of sp³-hybridized carbons (Fsp3) is 1.00. The van der Waals surface area contributed by atoms with Crippen molar-refractivity contribution < 1.29 is 0 Å². The molecule has 2 aliphatic rings. The van der Waals surface area contributed by atoms with E-state index in [1.54, 1.807) is 0 Å². The lowest BCUT2D eigenvalue weighted by Crippen LogP contribution is -2.36. The molecule has 2 N–H and O–H groups in total. The van der Waals surface area contributed by atoms with Gasteiger partial charge in [0.1, 0.15) is 0 Å². The van der Waals surface area contributed by atoms with E-state index >= 15 is 0 Å². The van der Waals surface area contributed by atoms with Gasteiger partial charge in [-0.1, -0.05) is 25.7 Å². The summed E-state index contributed by atoms with van der Waals surface area (Å²) < 4.78 is 0. The van der Waals surface area contributed by atoms with Crippen LogP contribution in [0.4, 0.5) is 0 Å². The van der Waals surface area contributed by atoms with Crippen molar-refractivity contribution in [2.45, 2.75) is 56.2 Å². The molecule has 1 heterocycles. The highest BCUT2D eigenvalue weighted by atomic mass is 32.2. The van der Waals surface area contributed by atoms with Crippen LogP contribution in [0.2, 0.25) is 0 Å². The lowest BCUT2D eigenvalue weighted by molar-refractivity contribution is 0.439. The first-order chi connectivity index (χ1) is 6.36. The van der Waals surface area contributed by atoms with Gasteiger partial charge < -0.3 is 5.73 Å².